The van der Waals surface area contributed by atoms with Gasteiger partial charge in [-0.25, -0.2) is 9.07 Å². The average Bonchev–Trinajstić information content (AvgIpc) is 3.03. The summed E-state index contributed by atoms with van der Waals surface area (Å²) in [6.45, 7) is 1.58. The Morgan fingerprint density at radius 1 is 1.27 bits per heavy atom. The smallest absolute Gasteiger partial charge is 0.324 e. The van der Waals surface area contributed by atoms with Crippen molar-refractivity contribution in [2.75, 3.05) is 5.32 Å². The number of hydrogen-bond donors (Lipinski definition) is 1. The van der Waals surface area contributed by atoms with Crippen LogP contribution in [0.4, 0.5) is 23.2 Å². The minimum absolute atomic E-state index is 0.00945. The van der Waals surface area contributed by atoms with Crippen LogP contribution in [0.1, 0.15) is 12.5 Å². The highest BCUT2D eigenvalue weighted by atomic mass is 35.5. The minimum Gasteiger partial charge on any atom is -0.324 e. The van der Waals surface area contributed by atoms with E-state index >= 15 is 0 Å². The van der Waals surface area contributed by atoms with Crippen LogP contribution in [-0.4, -0.2) is 20.9 Å². The summed E-state index contributed by atoms with van der Waals surface area (Å²) in [5.41, 5.74) is -0.482. The molecule has 0 radical (unpaired) electrons. The SMILES string of the molecule is C[C@H](Sc1nn(-c2ccc(F)cc2)c(=S)s1)C(=O)Nc1cc(C(F)(F)F)ccc1Cl. The number of benzene rings is 2. The summed E-state index contributed by atoms with van der Waals surface area (Å²) < 4.78 is 54.1. The topological polar surface area (TPSA) is 46.9 Å². The van der Waals surface area contributed by atoms with Crippen LogP contribution in [0.3, 0.4) is 0 Å². The molecule has 2 aromatic carbocycles. The van der Waals surface area contributed by atoms with Crippen LogP contribution >= 0.6 is 46.9 Å². The van der Waals surface area contributed by atoms with Gasteiger partial charge in [0.2, 0.25) is 5.91 Å². The molecule has 1 aromatic heterocycles. The molecule has 0 spiro atoms. The van der Waals surface area contributed by atoms with Gasteiger partial charge in [0.25, 0.3) is 0 Å². The lowest BCUT2D eigenvalue weighted by atomic mass is 10.2. The first kappa shape index (κ1) is 22.7. The predicted molar refractivity (Wildman–Crippen MR) is 113 cm³/mol. The Bertz CT molecular complexity index is 1130. The summed E-state index contributed by atoms with van der Waals surface area (Å²) >= 11 is 13.4. The highest BCUT2D eigenvalue weighted by Crippen LogP contribution is 2.34. The van der Waals surface area contributed by atoms with Crippen molar-refractivity contribution in [1.82, 2.24) is 9.78 Å². The summed E-state index contributed by atoms with van der Waals surface area (Å²) in [4.78, 5) is 12.5. The number of aromatic nitrogens is 2. The zero-order valence-electron chi connectivity index (χ0n) is 15.0. The number of amides is 1. The van der Waals surface area contributed by atoms with Gasteiger partial charge >= 0.3 is 6.18 Å². The minimum atomic E-state index is -4.56. The number of hydrogen-bond acceptors (Lipinski definition) is 5. The molecule has 0 saturated heterocycles. The molecule has 1 heterocycles. The van der Waals surface area contributed by atoms with E-state index in [9.17, 15) is 22.4 Å². The predicted octanol–water partition coefficient (Wildman–Crippen LogP) is 6.59. The van der Waals surface area contributed by atoms with Crippen molar-refractivity contribution in [3.63, 3.8) is 0 Å². The zero-order chi connectivity index (χ0) is 22.1. The third kappa shape index (κ3) is 5.39. The summed E-state index contributed by atoms with van der Waals surface area (Å²) in [5.74, 6) is -0.940. The lowest BCUT2D eigenvalue weighted by Gasteiger charge is -2.14. The van der Waals surface area contributed by atoms with Gasteiger partial charge in [-0.1, -0.05) is 34.7 Å². The fourth-order valence-electron chi connectivity index (χ4n) is 2.29. The van der Waals surface area contributed by atoms with E-state index in [0.29, 0.717) is 14.0 Å². The number of halogens is 5. The molecule has 4 nitrogen and oxygen atoms in total. The van der Waals surface area contributed by atoms with E-state index in [4.69, 9.17) is 23.8 Å². The summed E-state index contributed by atoms with van der Waals surface area (Å²) in [5, 5.41) is 6.03. The largest absolute Gasteiger partial charge is 0.416 e. The van der Waals surface area contributed by atoms with Crippen LogP contribution in [0.25, 0.3) is 5.69 Å². The van der Waals surface area contributed by atoms with Crippen molar-refractivity contribution in [2.24, 2.45) is 0 Å². The van der Waals surface area contributed by atoms with Gasteiger partial charge in [0.15, 0.2) is 8.29 Å². The van der Waals surface area contributed by atoms with Crippen molar-refractivity contribution >= 4 is 58.5 Å². The van der Waals surface area contributed by atoms with Gasteiger partial charge in [-0.05, 0) is 61.6 Å². The van der Waals surface area contributed by atoms with Crippen LogP contribution in [0.5, 0.6) is 0 Å². The Morgan fingerprint density at radius 2 is 1.93 bits per heavy atom. The lowest BCUT2D eigenvalue weighted by molar-refractivity contribution is -0.137. The van der Waals surface area contributed by atoms with Crippen molar-refractivity contribution in [2.45, 2.75) is 22.7 Å². The Morgan fingerprint density at radius 3 is 2.57 bits per heavy atom. The Hall–Kier alpha value is -1.95. The second kappa shape index (κ2) is 9.04. The van der Waals surface area contributed by atoms with Gasteiger partial charge in [-0.2, -0.15) is 13.2 Å². The second-order valence-electron chi connectivity index (χ2n) is 5.96. The van der Waals surface area contributed by atoms with Crippen molar-refractivity contribution in [3.8, 4) is 5.69 Å². The normalized spacial score (nSPS) is 12.6. The third-order valence-electron chi connectivity index (χ3n) is 3.80. The van der Waals surface area contributed by atoms with Crippen molar-refractivity contribution < 1.29 is 22.4 Å². The van der Waals surface area contributed by atoms with Crippen molar-refractivity contribution in [1.29, 1.82) is 0 Å². The molecule has 0 fully saturated rings. The molecule has 1 N–H and O–H groups in total. The quantitative estimate of drug-likeness (QED) is 0.247. The van der Waals surface area contributed by atoms with E-state index in [0.717, 1.165) is 41.3 Å². The molecule has 1 atom stereocenters. The van der Waals surface area contributed by atoms with E-state index in [-0.39, 0.29) is 10.7 Å². The second-order valence-corrected chi connectivity index (χ2v) is 9.58. The lowest BCUT2D eigenvalue weighted by Crippen LogP contribution is -2.23. The Balaban J connectivity index is 1.73. The maximum absolute atomic E-state index is 13.1. The fraction of sp³-hybridized carbons (Fsp3) is 0.167. The first-order chi connectivity index (χ1) is 14.0. The molecule has 0 aliphatic rings. The number of carbonyl (C=O) groups excluding carboxylic acids is 1. The first-order valence-electron chi connectivity index (χ1n) is 8.25. The molecule has 12 heteroatoms. The average molecular weight is 494 g/mol. The molecule has 158 valence electrons. The van der Waals surface area contributed by atoms with E-state index in [1.807, 2.05) is 0 Å². The summed E-state index contributed by atoms with van der Waals surface area (Å²) in [6.07, 6.45) is -4.56. The van der Waals surface area contributed by atoms with Crippen LogP contribution in [0.15, 0.2) is 46.8 Å². The van der Waals surface area contributed by atoms with Gasteiger partial charge in [0.05, 0.1) is 27.2 Å². The molecule has 0 bridgehead atoms. The monoisotopic (exact) mass is 493 g/mol. The number of nitrogens with one attached hydrogen (secondary N) is 1. The number of anilines is 1. The van der Waals surface area contributed by atoms with Gasteiger partial charge in [-0.15, -0.1) is 5.10 Å². The highest BCUT2D eigenvalue weighted by molar-refractivity contribution is 8.02. The van der Waals surface area contributed by atoms with Crippen LogP contribution in [0.2, 0.25) is 5.02 Å². The van der Waals surface area contributed by atoms with Crippen LogP contribution in [0, 0.1) is 9.77 Å². The standard InChI is InChI=1S/C18H12ClF4N3OS3/c1-9(15(27)24-14-8-10(18(21,22)23)2-7-13(14)19)29-16-25-26(17(28)30-16)12-5-3-11(20)4-6-12/h2-9H,1H3,(H,24,27)/t9-/m0/s1. The summed E-state index contributed by atoms with van der Waals surface area (Å²) in [6, 6.07) is 8.29. The zero-order valence-corrected chi connectivity index (χ0v) is 18.2. The Labute approximate surface area is 186 Å². The van der Waals surface area contributed by atoms with Gasteiger partial charge in [0, 0.05) is 0 Å². The molecule has 0 aliphatic heterocycles. The molecule has 1 amide bonds. The summed E-state index contributed by atoms with van der Waals surface area (Å²) in [7, 11) is 0. The molecule has 3 rings (SSSR count). The molecular weight excluding hydrogens is 482 g/mol. The van der Waals surface area contributed by atoms with Gasteiger partial charge in [-0.3, -0.25) is 4.79 Å². The van der Waals surface area contributed by atoms with Gasteiger partial charge in [0.1, 0.15) is 5.82 Å². The molecule has 3 aromatic rings. The van der Waals surface area contributed by atoms with Crippen LogP contribution < -0.4 is 5.32 Å². The highest BCUT2D eigenvalue weighted by Gasteiger charge is 2.31. The first-order valence-corrected chi connectivity index (χ1v) is 10.7. The Kier molecular flexibility index (Phi) is 6.85. The maximum atomic E-state index is 13.1. The van der Waals surface area contributed by atoms with E-state index < -0.39 is 28.7 Å². The fourth-order valence-corrected chi connectivity index (χ4v) is 4.96. The molecule has 0 unspecified atom stereocenters. The number of rotatable bonds is 5. The number of thioether (sulfide) groups is 1. The number of alkyl halides is 3. The third-order valence-corrected chi connectivity index (χ3v) is 6.54. The van der Waals surface area contributed by atoms with E-state index in [1.54, 1.807) is 6.92 Å². The molecule has 30 heavy (non-hydrogen) atoms. The van der Waals surface area contributed by atoms with Crippen molar-refractivity contribution in [3.05, 3.63) is 62.8 Å². The molecule has 0 aliphatic carbocycles. The van der Waals surface area contributed by atoms with E-state index in [1.165, 1.54) is 28.9 Å². The number of nitrogens with zero attached hydrogens (tertiary/aromatic N) is 2. The number of carbonyl (C=O) groups is 1. The van der Waals surface area contributed by atoms with Gasteiger partial charge < -0.3 is 5.32 Å². The van der Waals surface area contributed by atoms with E-state index in [2.05, 4.69) is 10.4 Å². The maximum Gasteiger partial charge on any atom is 0.416 e. The van der Waals surface area contributed by atoms with Crippen LogP contribution in [-0.2, 0) is 11.0 Å². The molecular formula is C18H12ClF4N3OS3. The molecule has 0 saturated carbocycles.